The van der Waals surface area contributed by atoms with Crippen molar-refractivity contribution < 1.29 is 18.7 Å². The molecule has 1 aromatic carbocycles. The summed E-state index contributed by atoms with van der Waals surface area (Å²) in [7, 11) is 0. The van der Waals surface area contributed by atoms with E-state index in [0.717, 1.165) is 0 Å². The SMILES string of the molecule is NC(=O)[C@@H](OC(=O)c1ccccc1)c1ccco1. The topological polar surface area (TPSA) is 82.5 Å². The van der Waals surface area contributed by atoms with Crippen molar-refractivity contribution in [2.75, 3.05) is 0 Å². The van der Waals surface area contributed by atoms with E-state index in [0.29, 0.717) is 5.56 Å². The Kier molecular flexibility index (Phi) is 3.43. The maximum absolute atomic E-state index is 11.8. The van der Waals surface area contributed by atoms with Crippen LogP contribution in [0.25, 0.3) is 0 Å². The van der Waals surface area contributed by atoms with Gasteiger partial charge in [0.15, 0.2) is 5.76 Å². The number of furan rings is 1. The van der Waals surface area contributed by atoms with Crippen LogP contribution in [-0.4, -0.2) is 11.9 Å². The van der Waals surface area contributed by atoms with E-state index in [4.69, 9.17) is 14.9 Å². The van der Waals surface area contributed by atoms with Crippen molar-refractivity contribution in [1.82, 2.24) is 0 Å². The molecule has 0 aliphatic heterocycles. The summed E-state index contributed by atoms with van der Waals surface area (Å²) >= 11 is 0. The first-order valence-electron chi connectivity index (χ1n) is 5.27. The molecule has 5 nitrogen and oxygen atoms in total. The van der Waals surface area contributed by atoms with Gasteiger partial charge in [-0.15, -0.1) is 0 Å². The molecular weight excluding hydrogens is 234 g/mol. The largest absolute Gasteiger partial charge is 0.465 e. The number of ether oxygens (including phenoxy) is 1. The summed E-state index contributed by atoms with van der Waals surface area (Å²) in [5, 5.41) is 0. The first kappa shape index (κ1) is 11.9. The predicted octanol–water partition coefficient (Wildman–Crippen LogP) is 1.66. The minimum absolute atomic E-state index is 0.201. The summed E-state index contributed by atoms with van der Waals surface area (Å²) in [6.45, 7) is 0. The van der Waals surface area contributed by atoms with E-state index in [2.05, 4.69) is 0 Å². The Morgan fingerprint density at radius 2 is 1.83 bits per heavy atom. The summed E-state index contributed by atoms with van der Waals surface area (Å²) in [5.74, 6) is -1.21. The average Bonchev–Trinajstić information content (AvgIpc) is 2.90. The minimum atomic E-state index is -1.22. The van der Waals surface area contributed by atoms with E-state index < -0.39 is 18.0 Å². The van der Waals surface area contributed by atoms with Gasteiger partial charge in [-0.05, 0) is 24.3 Å². The monoisotopic (exact) mass is 245 g/mol. The van der Waals surface area contributed by atoms with E-state index in [-0.39, 0.29) is 5.76 Å². The Morgan fingerprint density at radius 1 is 1.11 bits per heavy atom. The number of hydrogen-bond acceptors (Lipinski definition) is 4. The van der Waals surface area contributed by atoms with E-state index in [1.807, 2.05) is 0 Å². The van der Waals surface area contributed by atoms with Crippen LogP contribution in [0.15, 0.2) is 53.1 Å². The third-order valence-corrected chi connectivity index (χ3v) is 2.29. The number of hydrogen-bond donors (Lipinski definition) is 1. The number of nitrogens with two attached hydrogens (primary N) is 1. The molecule has 0 radical (unpaired) electrons. The van der Waals surface area contributed by atoms with Crippen LogP contribution in [-0.2, 0) is 9.53 Å². The van der Waals surface area contributed by atoms with Crippen molar-refractivity contribution in [3.05, 3.63) is 60.1 Å². The Hall–Kier alpha value is -2.56. The van der Waals surface area contributed by atoms with Gasteiger partial charge < -0.3 is 14.9 Å². The lowest BCUT2D eigenvalue weighted by molar-refractivity contribution is -0.127. The van der Waals surface area contributed by atoms with Crippen LogP contribution in [0.3, 0.4) is 0 Å². The molecule has 1 amide bonds. The normalized spacial score (nSPS) is 11.8. The lowest BCUT2D eigenvalue weighted by atomic mass is 10.2. The van der Waals surface area contributed by atoms with Crippen molar-refractivity contribution in [1.29, 1.82) is 0 Å². The summed E-state index contributed by atoms with van der Waals surface area (Å²) in [4.78, 5) is 23.0. The quantitative estimate of drug-likeness (QED) is 0.830. The van der Waals surface area contributed by atoms with Gasteiger partial charge in [0.1, 0.15) is 0 Å². The van der Waals surface area contributed by atoms with Crippen LogP contribution < -0.4 is 5.73 Å². The Balaban J connectivity index is 2.16. The van der Waals surface area contributed by atoms with E-state index in [1.165, 1.54) is 12.3 Å². The number of primary amides is 1. The number of benzene rings is 1. The van der Waals surface area contributed by atoms with Crippen LogP contribution in [0.4, 0.5) is 0 Å². The number of esters is 1. The third-order valence-electron chi connectivity index (χ3n) is 2.29. The molecule has 0 unspecified atom stereocenters. The fourth-order valence-corrected chi connectivity index (χ4v) is 1.45. The maximum Gasteiger partial charge on any atom is 0.339 e. The average molecular weight is 245 g/mol. The van der Waals surface area contributed by atoms with Gasteiger partial charge in [-0.25, -0.2) is 4.79 Å². The van der Waals surface area contributed by atoms with E-state index in [1.54, 1.807) is 36.4 Å². The molecule has 1 atom stereocenters. The van der Waals surface area contributed by atoms with Crippen LogP contribution in [0.2, 0.25) is 0 Å². The number of amides is 1. The van der Waals surface area contributed by atoms with Crippen LogP contribution in [0.1, 0.15) is 22.2 Å². The maximum atomic E-state index is 11.8. The zero-order valence-electron chi connectivity index (χ0n) is 9.41. The first-order valence-corrected chi connectivity index (χ1v) is 5.27. The molecule has 1 heterocycles. The molecule has 0 saturated carbocycles. The van der Waals surface area contributed by atoms with E-state index >= 15 is 0 Å². The summed E-state index contributed by atoms with van der Waals surface area (Å²) in [5.41, 5.74) is 5.52. The molecular formula is C13H11NO4. The standard InChI is InChI=1S/C13H11NO4/c14-12(15)11(10-7-4-8-17-10)18-13(16)9-5-2-1-3-6-9/h1-8,11H,(H2,14,15)/t11-/m0/s1. The second kappa shape index (κ2) is 5.18. The van der Waals surface area contributed by atoms with Gasteiger partial charge in [-0.1, -0.05) is 18.2 Å². The zero-order chi connectivity index (χ0) is 13.0. The van der Waals surface area contributed by atoms with Crippen molar-refractivity contribution in [2.24, 2.45) is 5.73 Å². The molecule has 92 valence electrons. The first-order chi connectivity index (χ1) is 8.68. The molecule has 2 rings (SSSR count). The van der Waals surface area contributed by atoms with Crippen molar-refractivity contribution in [2.45, 2.75) is 6.10 Å². The highest BCUT2D eigenvalue weighted by molar-refractivity contribution is 5.92. The van der Waals surface area contributed by atoms with Gasteiger partial charge in [0.2, 0.25) is 6.10 Å². The smallest absolute Gasteiger partial charge is 0.339 e. The van der Waals surface area contributed by atoms with Gasteiger partial charge in [-0.2, -0.15) is 0 Å². The van der Waals surface area contributed by atoms with Crippen LogP contribution in [0.5, 0.6) is 0 Å². The molecule has 18 heavy (non-hydrogen) atoms. The minimum Gasteiger partial charge on any atom is -0.465 e. The van der Waals surface area contributed by atoms with Crippen molar-refractivity contribution in [3.63, 3.8) is 0 Å². The van der Waals surface area contributed by atoms with Gasteiger partial charge in [0.05, 0.1) is 11.8 Å². The van der Waals surface area contributed by atoms with Crippen molar-refractivity contribution in [3.8, 4) is 0 Å². The molecule has 0 bridgehead atoms. The fraction of sp³-hybridized carbons (Fsp3) is 0.0769. The highest BCUT2D eigenvalue weighted by atomic mass is 16.6. The van der Waals surface area contributed by atoms with Gasteiger partial charge in [-0.3, -0.25) is 4.79 Å². The molecule has 5 heteroatoms. The van der Waals surface area contributed by atoms with E-state index in [9.17, 15) is 9.59 Å². The summed E-state index contributed by atoms with van der Waals surface area (Å²) < 4.78 is 10.1. The zero-order valence-corrected chi connectivity index (χ0v) is 9.41. The number of carbonyl (C=O) groups is 2. The Bertz CT molecular complexity index is 533. The van der Waals surface area contributed by atoms with Crippen molar-refractivity contribution >= 4 is 11.9 Å². The third kappa shape index (κ3) is 2.57. The highest BCUT2D eigenvalue weighted by Gasteiger charge is 2.25. The summed E-state index contributed by atoms with van der Waals surface area (Å²) in [6.07, 6.45) is 0.162. The molecule has 0 spiro atoms. The predicted molar refractivity (Wildman–Crippen MR) is 62.5 cm³/mol. The summed E-state index contributed by atoms with van der Waals surface area (Å²) in [6, 6.07) is 11.4. The highest BCUT2D eigenvalue weighted by Crippen LogP contribution is 2.19. The fourth-order valence-electron chi connectivity index (χ4n) is 1.45. The lowest BCUT2D eigenvalue weighted by Crippen LogP contribution is -2.25. The lowest BCUT2D eigenvalue weighted by Gasteiger charge is -2.12. The van der Waals surface area contributed by atoms with Gasteiger partial charge in [0, 0.05) is 0 Å². The molecule has 1 aromatic heterocycles. The van der Waals surface area contributed by atoms with Gasteiger partial charge >= 0.3 is 5.97 Å². The molecule has 0 fully saturated rings. The Morgan fingerprint density at radius 3 is 2.39 bits per heavy atom. The molecule has 0 saturated heterocycles. The number of rotatable bonds is 4. The van der Waals surface area contributed by atoms with Crippen LogP contribution in [0, 0.1) is 0 Å². The molecule has 0 aliphatic rings. The second-order valence-corrected chi connectivity index (χ2v) is 3.57. The molecule has 2 N–H and O–H groups in total. The van der Waals surface area contributed by atoms with Gasteiger partial charge in [0.25, 0.3) is 5.91 Å². The second-order valence-electron chi connectivity index (χ2n) is 3.57. The van der Waals surface area contributed by atoms with Crippen LogP contribution >= 0.6 is 0 Å². The Labute approximate surface area is 103 Å². The molecule has 2 aromatic rings. The number of carbonyl (C=O) groups excluding carboxylic acids is 2. The molecule has 0 aliphatic carbocycles.